The minimum atomic E-state index is -0.358. The van der Waals surface area contributed by atoms with Crippen molar-refractivity contribution in [3.05, 3.63) is 64.2 Å². The molecule has 2 rings (SSSR count). The lowest BCUT2D eigenvalue weighted by atomic mass is 10.0. The molecule has 0 aliphatic heterocycles. The van der Waals surface area contributed by atoms with Crippen molar-refractivity contribution >= 4 is 17.5 Å². The molecule has 2 aromatic rings. The fourth-order valence-electron chi connectivity index (χ4n) is 2.08. The van der Waals surface area contributed by atoms with E-state index in [1.165, 1.54) is 0 Å². The van der Waals surface area contributed by atoms with Crippen LogP contribution in [0.1, 0.15) is 28.4 Å². The molecule has 5 heteroatoms. The van der Waals surface area contributed by atoms with Crippen LogP contribution in [0.25, 0.3) is 0 Å². The molecule has 3 N–H and O–H groups in total. The molecule has 0 unspecified atom stereocenters. The number of rotatable bonds is 5. The summed E-state index contributed by atoms with van der Waals surface area (Å²) in [6.45, 7) is 2.35. The molecular formula is C16H17ClN2O2. The van der Waals surface area contributed by atoms with Crippen molar-refractivity contribution in [3.8, 4) is 5.75 Å². The van der Waals surface area contributed by atoms with Gasteiger partial charge in [-0.25, -0.2) is 5.84 Å². The van der Waals surface area contributed by atoms with Crippen molar-refractivity contribution in [3.63, 3.8) is 0 Å². The van der Waals surface area contributed by atoms with E-state index in [1.807, 2.05) is 37.3 Å². The molecule has 0 saturated heterocycles. The highest BCUT2D eigenvalue weighted by atomic mass is 35.5. The van der Waals surface area contributed by atoms with Gasteiger partial charge in [-0.3, -0.25) is 10.2 Å². The maximum atomic E-state index is 11.7. The van der Waals surface area contributed by atoms with Crippen molar-refractivity contribution in [2.24, 2.45) is 5.84 Å². The molecule has 4 nitrogen and oxygen atoms in total. The van der Waals surface area contributed by atoms with Crippen LogP contribution < -0.4 is 16.0 Å². The summed E-state index contributed by atoms with van der Waals surface area (Å²) >= 11 is 6.34. The zero-order valence-corrected chi connectivity index (χ0v) is 12.5. The summed E-state index contributed by atoms with van der Waals surface area (Å²) in [5.41, 5.74) is 4.37. The predicted molar refractivity (Wildman–Crippen MR) is 83.3 cm³/mol. The van der Waals surface area contributed by atoms with Gasteiger partial charge in [-0.05, 0) is 29.7 Å². The number of nitrogen functional groups attached to an aromatic ring is 1. The molecule has 0 heterocycles. The first-order valence-corrected chi connectivity index (χ1v) is 7.04. The Kier molecular flexibility index (Phi) is 5.20. The Labute approximate surface area is 128 Å². The van der Waals surface area contributed by atoms with E-state index in [-0.39, 0.29) is 5.91 Å². The van der Waals surface area contributed by atoms with Gasteiger partial charge in [-0.15, -0.1) is 0 Å². The van der Waals surface area contributed by atoms with Crippen LogP contribution in [0.2, 0.25) is 5.02 Å². The normalized spacial score (nSPS) is 10.2. The third-order valence-corrected chi connectivity index (χ3v) is 3.59. The second kappa shape index (κ2) is 7.11. The number of nitrogens with two attached hydrogens (primary N) is 1. The van der Waals surface area contributed by atoms with Crippen LogP contribution in [0.4, 0.5) is 0 Å². The second-order valence-corrected chi connectivity index (χ2v) is 4.88. The van der Waals surface area contributed by atoms with E-state index in [1.54, 1.807) is 12.1 Å². The van der Waals surface area contributed by atoms with Gasteiger partial charge < -0.3 is 4.74 Å². The number of hydrogen-bond acceptors (Lipinski definition) is 3. The van der Waals surface area contributed by atoms with Crippen LogP contribution in [0, 0.1) is 0 Å². The molecule has 0 fully saturated rings. The quantitative estimate of drug-likeness (QED) is 0.507. The summed E-state index contributed by atoms with van der Waals surface area (Å²) < 4.78 is 5.74. The van der Waals surface area contributed by atoms with Crippen molar-refractivity contribution < 1.29 is 9.53 Å². The Bertz CT molecular complexity index is 630. The number of hydrazine groups is 1. The average Bonchev–Trinajstić information content (AvgIpc) is 2.53. The van der Waals surface area contributed by atoms with Crippen LogP contribution >= 0.6 is 11.6 Å². The van der Waals surface area contributed by atoms with E-state index in [2.05, 4.69) is 5.43 Å². The van der Waals surface area contributed by atoms with E-state index in [0.717, 1.165) is 11.1 Å². The summed E-state index contributed by atoms with van der Waals surface area (Å²) in [5.74, 6) is 5.38. The Morgan fingerprint density at radius 1 is 1.24 bits per heavy atom. The number of halogens is 1. The highest BCUT2D eigenvalue weighted by Gasteiger charge is 2.16. The predicted octanol–water partition coefficient (Wildman–Crippen LogP) is 3.08. The smallest absolute Gasteiger partial charge is 0.265 e. The fraction of sp³-hybridized carbons (Fsp3) is 0.188. The minimum Gasteiger partial charge on any atom is -0.487 e. The Morgan fingerprint density at radius 3 is 2.57 bits per heavy atom. The molecule has 0 spiro atoms. The zero-order valence-electron chi connectivity index (χ0n) is 11.7. The summed E-state index contributed by atoms with van der Waals surface area (Å²) in [7, 11) is 0. The van der Waals surface area contributed by atoms with Crippen molar-refractivity contribution in [1.29, 1.82) is 0 Å². The lowest BCUT2D eigenvalue weighted by molar-refractivity contribution is 0.0952. The van der Waals surface area contributed by atoms with Gasteiger partial charge in [0.15, 0.2) is 0 Å². The van der Waals surface area contributed by atoms with Gasteiger partial charge >= 0.3 is 0 Å². The lowest BCUT2D eigenvalue weighted by Gasteiger charge is -2.14. The van der Waals surface area contributed by atoms with Gasteiger partial charge in [0, 0.05) is 5.56 Å². The van der Waals surface area contributed by atoms with E-state index >= 15 is 0 Å². The first-order chi connectivity index (χ1) is 10.2. The van der Waals surface area contributed by atoms with Gasteiger partial charge in [0.05, 0.1) is 5.02 Å². The summed E-state index contributed by atoms with van der Waals surface area (Å²) in [6.07, 6.45) is 0.615. The molecule has 0 aliphatic carbocycles. The van der Waals surface area contributed by atoms with Crippen molar-refractivity contribution in [2.75, 3.05) is 0 Å². The van der Waals surface area contributed by atoms with E-state index in [0.29, 0.717) is 29.4 Å². The summed E-state index contributed by atoms with van der Waals surface area (Å²) in [6, 6.07) is 13.2. The fourth-order valence-corrected chi connectivity index (χ4v) is 2.44. The standard InChI is InChI=1S/C16H17ClN2O2/c1-2-12-13(16(20)19-18)8-9-14(15(12)17)21-10-11-6-4-3-5-7-11/h3-9H,2,10,18H2,1H3,(H,19,20). The number of ether oxygens (including phenoxy) is 1. The molecular weight excluding hydrogens is 288 g/mol. The third kappa shape index (κ3) is 3.54. The second-order valence-electron chi connectivity index (χ2n) is 4.51. The number of amides is 1. The Hall–Kier alpha value is -2.04. The number of benzene rings is 2. The number of hydrogen-bond donors (Lipinski definition) is 2. The van der Waals surface area contributed by atoms with Crippen LogP contribution in [-0.2, 0) is 13.0 Å². The monoisotopic (exact) mass is 304 g/mol. The number of carbonyl (C=O) groups excluding carboxylic acids is 1. The topological polar surface area (TPSA) is 64.4 Å². The van der Waals surface area contributed by atoms with Gasteiger partial charge in [0.25, 0.3) is 5.91 Å². The van der Waals surface area contributed by atoms with Gasteiger partial charge in [0.2, 0.25) is 0 Å². The number of nitrogens with one attached hydrogen (secondary N) is 1. The van der Waals surface area contributed by atoms with Crippen LogP contribution in [0.5, 0.6) is 5.75 Å². The lowest BCUT2D eigenvalue weighted by Crippen LogP contribution is -2.30. The van der Waals surface area contributed by atoms with E-state index in [4.69, 9.17) is 22.2 Å². The van der Waals surface area contributed by atoms with E-state index < -0.39 is 0 Å². The zero-order chi connectivity index (χ0) is 15.2. The SMILES string of the molecule is CCc1c(C(=O)NN)ccc(OCc2ccccc2)c1Cl. The minimum absolute atomic E-state index is 0.358. The van der Waals surface area contributed by atoms with Crippen molar-refractivity contribution in [1.82, 2.24) is 5.43 Å². The van der Waals surface area contributed by atoms with E-state index in [9.17, 15) is 4.79 Å². The molecule has 0 aliphatic rings. The van der Waals surface area contributed by atoms with Crippen LogP contribution in [0.15, 0.2) is 42.5 Å². The van der Waals surface area contributed by atoms with Gasteiger partial charge in [-0.2, -0.15) is 0 Å². The highest BCUT2D eigenvalue weighted by molar-refractivity contribution is 6.33. The maximum absolute atomic E-state index is 11.7. The maximum Gasteiger partial charge on any atom is 0.265 e. The molecule has 0 bridgehead atoms. The first-order valence-electron chi connectivity index (χ1n) is 6.66. The highest BCUT2D eigenvalue weighted by Crippen LogP contribution is 2.32. The molecule has 110 valence electrons. The average molecular weight is 305 g/mol. The summed E-state index contributed by atoms with van der Waals surface area (Å²) in [4.78, 5) is 11.7. The molecule has 0 atom stereocenters. The first kappa shape index (κ1) is 15.4. The number of carbonyl (C=O) groups is 1. The molecule has 0 radical (unpaired) electrons. The van der Waals surface area contributed by atoms with Crippen LogP contribution in [0.3, 0.4) is 0 Å². The molecule has 21 heavy (non-hydrogen) atoms. The summed E-state index contributed by atoms with van der Waals surface area (Å²) in [5, 5.41) is 0.453. The third-order valence-electron chi connectivity index (χ3n) is 3.17. The van der Waals surface area contributed by atoms with Gasteiger partial charge in [0.1, 0.15) is 12.4 Å². The van der Waals surface area contributed by atoms with Crippen LogP contribution in [-0.4, -0.2) is 5.91 Å². The molecule has 0 aromatic heterocycles. The molecule has 2 aromatic carbocycles. The van der Waals surface area contributed by atoms with Crippen molar-refractivity contribution in [2.45, 2.75) is 20.0 Å². The molecule has 1 amide bonds. The van der Waals surface area contributed by atoms with Gasteiger partial charge in [-0.1, -0.05) is 48.9 Å². The Morgan fingerprint density at radius 2 is 1.95 bits per heavy atom. The Balaban J connectivity index is 2.23. The largest absolute Gasteiger partial charge is 0.487 e. The molecule has 0 saturated carbocycles.